The third kappa shape index (κ3) is 9.81. The second kappa shape index (κ2) is 17.1. The Hall–Kier alpha value is -5.88. The molecule has 284 valence electrons. The molecule has 0 radical (unpaired) electrons. The largest absolute Gasteiger partial charge is 0.484 e. The van der Waals surface area contributed by atoms with Crippen LogP contribution in [0, 0.1) is 0 Å². The van der Waals surface area contributed by atoms with E-state index in [4.69, 9.17) is 14.2 Å². The zero-order chi connectivity index (χ0) is 39.0. The van der Waals surface area contributed by atoms with E-state index in [1.54, 1.807) is 132 Å². The zero-order valence-corrected chi connectivity index (χ0v) is 32.6. The van der Waals surface area contributed by atoms with Crippen LogP contribution in [0.25, 0.3) is 0 Å². The highest BCUT2D eigenvalue weighted by atomic mass is 32.3. The lowest BCUT2D eigenvalue weighted by molar-refractivity contribution is -0.118. The van der Waals surface area contributed by atoms with Crippen molar-refractivity contribution in [2.24, 2.45) is 0 Å². The topological polar surface area (TPSA) is 161 Å². The second-order valence-electron chi connectivity index (χ2n) is 11.6. The third-order valence-electron chi connectivity index (χ3n) is 7.87. The number of hydrogen-bond donors (Lipinski definition) is 2. The quantitative estimate of drug-likeness (QED) is 0.102. The fourth-order valence-electron chi connectivity index (χ4n) is 4.91. The molecule has 13 nitrogen and oxygen atoms in total. The minimum atomic E-state index is -3.66. The van der Waals surface area contributed by atoms with Crippen LogP contribution in [0.5, 0.6) is 23.0 Å². The first-order valence-electron chi connectivity index (χ1n) is 16.4. The Morgan fingerprint density at radius 1 is 0.527 bits per heavy atom. The number of carbonyl (C=O) groups excluding carboxylic acids is 2. The molecule has 2 heterocycles. The Kier molecular flexibility index (Phi) is 12.1. The van der Waals surface area contributed by atoms with E-state index in [-0.39, 0.29) is 33.4 Å². The highest BCUT2D eigenvalue weighted by molar-refractivity contribution is 7.95. The van der Waals surface area contributed by atoms with Crippen molar-refractivity contribution in [1.82, 2.24) is 0 Å². The fraction of sp³-hybridized carbons (Fsp3) is 0.105. The first-order chi connectivity index (χ1) is 26.4. The van der Waals surface area contributed by atoms with Gasteiger partial charge in [-0.2, -0.15) is 0 Å². The Labute approximate surface area is 326 Å². The van der Waals surface area contributed by atoms with E-state index in [1.165, 1.54) is 22.7 Å². The molecule has 0 bridgehead atoms. The van der Waals surface area contributed by atoms with Crippen LogP contribution in [0.3, 0.4) is 0 Å². The van der Waals surface area contributed by atoms with E-state index in [0.29, 0.717) is 45.7 Å². The Morgan fingerprint density at radius 2 is 0.873 bits per heavy atom. The summed E-state index contributed by atoms with van der Waals surface area (Å²) in [7, 11) is -4.37. The summed E-state index contributed by atoms with van der Waals surface area (Å²) in [5.74, 6) is 1.07. The van der Waals surface area contributed by atoms with Crippen molar-refractivity contribution in [2.45, 2.75) is 8.42 Å². The first kappa shape index (κ1) is 38.8. The van der Waals surface area contributed by atoms with Gasteiger partial charge in [0.1, 0.15) is 31.4 Å². The summed E-state index contributed by atoms with van der Waals surface area (Å²) in [5.41, 5.74) is 1.97. The van der Waals surface area contributed by atoms with Crippen molar-refractivity contribution < 1.29 is 40.6 Å². The van der Waals surface area contributed by atoms with Gasteiger partial charge in [-0.25, -0.2) is 16.8 Å². The summed E-state index contributed by atoms with van der Waals surface area (Å²) in [6.07, 6.45) is 0. The lowest BCUT2D eigenvalue weighted by Gasteiger charge is -2.18. The molecule has 2 aromatic heterocycles. The fourth-order valence-corrected chi connectivity index (χ4v) is 9.63. The number of rotatable bonds is 16. The third-order valence-corrected chi connectivity index (χ3v) is 14.2. The van der Waals surface area contributed by atoms with Gasteiger partial charge in [0.25, 0.3) is 31.9 Å². The van der Waals surface area contributed by atoms with Crippen molar-refractivity contribution in [3.63, 3.8) is 0 Å². The molecule has 0 saturated carbocycles. The smallest absolute Gasteiger partial charge is 0.273 e. The average molecular weight is 819 g/mol. The number of benzene rings is 4. The zero-order valence-electron chi connectivity index (χ0n) is 29.3. The molecule has 55 heavy (non-hydrogen) atoms. The van der Waals surface area contributed by atoms with Gasteiger partial charge in [-0.3, -0.25) is 18.2 Å². The monoisotopic (exact) mass is 818 g/mol. The molecule has 17 heteroatoms. The highest BCUT2D eigenvalue weighted by Gasteiger charge is 2.23. The summed E-state index contributed by atoms with van der Waals surface area (Å²) in [6.45, 7) is -0.516. The normalized spacial score (nSPS) is 11.3. The summed E-state index contributed by atoms with van der Waals surface area (Å²) < 4.78 is 70.9. The number of thiophene rings is 2. The lowest BCUT2D eigenvalue weighted by Crippen LogP contribution is -2.25. The van der Waals surface area contributed by atoms with Crippen molar-refractivity contribution in [1.29, 1.82) is 0 Å². The molecule has 0 unspecified atom stereocenters. The van der Waals surface area contributed by atoms with E-state index >= 15 is 0 Å². The number of nitrogens with one attached hydrogen (secondary N) is 2. The van der Waals surface area contributed by atoms with Crippen molar-refractivity contribution in [2.75, 3.05) is 46.6 Å². The Balaban J connectivity index is 0.913. The van der Waals surface area contributed by atoms with Crippen molar-refractivity contribution in [3.05, 3.63) is 132 Å². The number of anilines is 4. The summed E-state index contributed by atoms with van der Waals surface area (Å²) in [5, 5.41) is 8.91. The van der Waals surface area contributed by atoms with Gasteiger partial charge in [0.2, 0.25) is 0 Å². The Bertz CT molecular complexity index is 2250. The predicted octanol–water partition coefficient (Wildman–Crippen LogP) is 7.29. The van der Waals surface area contributed by atoms with Crippen LogP contribution in [-0.2, 0) is 29.6 Å². The van der Waals surface area contributed by atoms with Crippen LogP contribution in [-0.4, -0.2) is 56.0 Å². The Morgan fingerprint density at radius 3 is 1.20 bits per heavy atom. The summed E-state index contributed by atoms with van der Waals surface area (Å²) in [6, 6.07) is 32.7. The summed E-state index contributed by atoms with van der Waals surface area (Å²) >= 11 is 2.28. The SMILES string of the molecule is CN(c1ccc(OCC(=O)Nc2ccc(Oc3ccc(NC(=O)COc4ccc(N(C)S(=O)(=O)c5cccs5)cc4)cc3)cc2)cc1)S(=O)(=O)c1cccs1. The maximum Gasteiger partial charge on any atom is 0.273 e. The molecule has 0 spiro atoms. The molecule has 0 atom stereocenters. The molecule has 0 aliphatic heterocycles. The maximum absolute atomic E-state index is 12.7. The van der Waals surface area contributed by atoms with Gasteiger partial charge in [0, 0.05) is 25.5 Å². The number of nitrogens with zero attached hydrogens (tertiary/aromatic N) is 2. The lowest BCUT2D eigenvalue weighted by atomic mass is 10.2. The van der Waals surface area contributed by atoms with Gasteiger partial charge >= 0.3 is 0 Å². The van der Waals surface area contributed by atoms with Crippen LogP contribution in [0.2, 0.25) is 0 Å². The number of ether oxygens (including phenoxy) is 3. The van der Waals surface area contributed by atoms with Crippen LogP contribution in [0.4, 0.5) is 22.7 Å². The van der Waals surface area contributed by atoms with Crippen LogP contribution < -0.4 is 33.5 Å². The van der Waals surface area contributed by atoms with Gasteiger partial charge in [-0.15, -0.1) is 22.7 Å². The van der Waals surface area contributed by atoms with Gasteiger partial charge < -0.3 is 24.8 Å². The minimum absolute atomic E-state index is 0.242. The highest BCUT2D eigenvalue weighted by Crippen LogP contribution is 2.29. The maximum atomic E-state index is 12.7. The molecule has 0 fully saturated rings. The minimum Gasteiger partial charge on any atom is -0.484 e. The summed E-state index contributed by atoms with van der Waals surface area (Å²) in [4.78, 5) is 25.0. The number of amides is 2. The predicted molar refractivity (Wildman–Crippen MR) is 214 cm³/mol. The van der Waals surface area contributed by atoms with Crippen LogP contribution >= 0.6 is 22.7 Å². The van der Waals surface area contributed by atoms with E-state index in [9.17, 15) is 26.4 Å². The molecule has 6 rings (SSSR count). The molecule has 4 aromatic carbocycles. The van der Waals surface area contributed by atoms with E-state index < -0.39 is 20.0 Å². The second-order valence-corrected chi connectivity index (χ2v) is 17.9. The first-order valence-corrected chi connectivity index (χ1v) is 21.0. The van der Waals surface area contributed by atoms with E-state index in [2.05, 4.69) is 10.6 Å². The van der Waals surface area contributed by atoms with E-state index in [1.807, 2.05) is 0 Å². The van der Waals surface area contributed by atoms with E-state index in [0.717, 1.165) is 22.7 Å². The molecule has 0 aliphatic carbocycles. The number of carbonyl (C=O) groups is 2. The molecular weight excluding hydrogens is 785 g/mol. The molecule has 0 aliphatic rings. The van der Waals surface area contributed by atoms with Crippen LogP contribution in [0.1, 0.15) is 0 Å². The number of hydrogen-bond acceptors (Lipinski definition) is 11. The molecular formula is C38H34N4O9S4. The van der Waals surface area contributed by atoms with Gasteiger partial charge in [0.15, 0.2) is 13.2 Å². The molecule has 6 aromatic rings. The number of sulfonamides is 2. The molecule has 2 amide bonds. The van der Waals surface area contributed by atoms with Gasteiger partial charge in [-0.05, 0) is 120 Å². The average Bonchev–Trinajstić information content (AvgIpc) is 3.95. The van der Waals surface area contributed by atoms with Crippen molar-refractivity contribution in [3.8, 4) is 23.0 Å². The molecule has 0 saturated heterocycles. The molecule has 2 N–H and O–H groups in total. The van der Waals surface area contributed by atoms with Gasteiger partial charge in [0.05, 0.1) is 11.4 Å². The standard InChI is InChI=1S/C38H34N4O9S4/c1-41(54(45,46)37-5-3-23-52-37)29-11-19-31(20-12-29)49-25-35(43)39-27-7-15-33(16-8-27)51-34-17-9-28(10-18-34)40-36(44)26-50-32-21-13-30(14-22-32)42(2)55(47,48)38-6-4-24-53-38/h3-24H,25-26H2,1-2H3,(H,39,43)(H,40,44). The van der Waals surface area contributed by atoms with Crippen LogP contribution in [0.15, 0.2) is 141 Å². The van der Waals surface area contributed by atoms with Crippen molar-refractivity contribution >= 4 is 77.3 Å². The van der Waals surface area contributed by atoms with Gasteiger partial charge in [-0.1, -0.05) is 12.1 Å².